The third-order valence-electron chi connectivity index (χ3n) is 3.76. The number of hydrogen-bond donors (Lipinski definition) is 2. The van der Waals surface area contributed by atoms with Crippen molar-refractivity contribution >= 4 is 6.09 Å². The van der Waals surface area contributed by atoms with Crippen molar-refractivity contribution in [2.45, 2.75) is 58.2 Å². The summed E-state index contributed by atoms with van der Waals surface area (Å²) in [6, 6.07) is 0. The second-order valence-corrected chi connectivity index (χ2v) is 6.92. The highest BCUT2D eigenvalue weighted by Gasteiger charge is 2.33. The van der Waals surface area contributed by atoms with E-state index in [1.807, 2.05) is 27.0 Å². The van der Waals surface area contributed by atoms with Gasteiger partial charge in [-0.15, -0.1) is 0 Å². The Bertz CT molecular complexity index is 457. The van der Waals surface area contributed by atoms with Gasteiger partial charge in [0.25, 0.3) is 0 Å². The van der Waals surface area contributed by atoms with Gasteiger partial charge in [-0.25, -0.2) is 9.78 Å². The summed E-state index contributed by atoms with van der Waals surface area (Å²) in [7, 11) is 0. The SMILES string of the molecule is CC1(NCc2ncc[nH]2)CCN(C(=O)OC(C)(C)C)CC1. The molecule has 6 heteroatoms. The Morgan fingerprint density at radius 3 is 2.67 bits per heavy atom. The molecule has 0 radical (unpaired) electrons. The maximum atomic E-state index is 12.0. The Morgan fingerprint density at radius 1 is 1.48 bits per heavy atom. The van der Waals surface area contributed by atoms with Crippen molar-refractivity contribution in [2.24, 2.45) is 0 Å². The molecule has 0 bridgehead atoms. The van der Waals surface area contributed by atoms with Gasteiger partial charge in [-0.05, 0) is 40.5 Å². The third-order valence-corrected chi connectivity index (χ3v) is 3.76. The van der Waals surface area contributed by atoms with E-state index in [9.17, 15) is 4.79 Å². The number of rotatable bonds is 3. The van der Waals surface area contributed by atoms with Crippen LogP contribution in [0.25, 0.3) is 0 Å². The lowest BCUT2D eigenvalue weighted by molar-refractivity contribution is 0.0156. The number of ether oxygens (including phenoxy) is 1. The van der Waals surface area contributed by atoms with Gasteiger partial charge in [0.15, 0.2) is 0 Å². The van der Waals surface area contributed by atoms with Crippen molar-refractivity contribution in [3.8, 4) is 0 Å². The van der Waals surface area contributed by atoms with Crippen molar-refractivity contribution in [3.05, 3.63) is 18.2 Å². The van der Waals surface area contributed by atoms with Gasteiger partial charge in [-0.3, -0.25) is 0 Å². The first kappa shape index (κ1) is 15.8. The van der Waals surface area contributed by atoms with Crippen LogP contribution in [-0.2, 0) is 11.3 Å². The zero-order valence-electron chi connectivity index (χ0n) is 13.4. The first-order valence-electron chi connectivity index (χ1n) is 7.49. The molecule has 2 rings (SSSR count). The molecular formula is C15H26N4O2. The minimum absolute atomic E-state index is 0.0330. The molecule has 118 valence electrons. The molecule has 21 heavy (non-hydrogen) atoms. The predicted molar refractivity (Wildman–Crippen MR) is 80.9 cm³/mol. The first-order valence-corrected chi connectivity index (χ1v) is 7.49. The Balaban J connectivity index is 1.80. The predicted octanol–water partition coefficient (Wildman–Crippen LogP) is 2.29. The fourth-order valence-electron chi connectivity index (χ4n) is 2.38. The molecule has 2 heterocycles. The van der Waals surface area contributed by atoms with Crippen molar-refractivity contribution in [1.29, 1.82) is 0 Å². The average molecular weight is 294 g/mol. The molecule has 1 fully saturated rings. The van der Waals surface area contributed by atoms with Crippen LogP contribution >= 0.6 is 0 Å². The molecule has 0 saturated carbocycles. The smallest absolute Gasteiger partial charge is 0.410 e. The lowest BCUT2D eigenvalue weighted by Crippen LogP contribution is -2.53. The van der Waals surface area contributed by atoms with E-state index in [4.69, 9.17) is 4.74 Å². The van der Waals surface area contributed by atoms with Crippen molar-refractivity contribution in [3.63, 3.8) is 0 Å². The van der Waals surface area contributed by atoms with Crippen LogP contribution in [0.15, 0.2) is 12.4 Å². The van der Waals surface area contributed by atoms with E-state index in [-0.39, 0.29) is 11.6 Å². The van der Waals surface area contributed by atoms with Gasteiger partial charge in [-0.1, -0.05) is 0 Å². The van der Waals surface area contributed by atoms with Crippen LogP contribution in [0.1, 0.15) is 46.4 Å². The summed E-state index contributed by atoms with van der Waals surface area (Å²) in [5.41, 5.74) is -0.402. The van der Waals surface area contributed by atoms with Gasteiger partial charge >= 0.3 is 6.09 Å². The van der Waals surface area contributed by atoms with Crippen LogP contribution in [0.3, 0.4) is 0 Å². The topological polar surface area (TPSA) is 70.2 Å². The molecule has 0 aromatic carbocycles. The van der Waals surface area contributed by atoms with Gasteiger partial charge < -0.3 is 19.9 Å². The Morgan fingerprint density at radius 2 is 2.14 bits per heavy atom. The van der Waals surface area contributed by atoms with E-state index < -0.39 is 5.60 Å². The number of nitrogens with zero attached hydrogens (tertiary/aromatic N) is 2. The number of H-pyrrole nitrogens is 1. The third kappa shape index (κ3) is 4.74. The maximum Gasteiger partial charge on any atom is 0.410 e. The molecule has 2 N–H and O–H groups in total. The average Bonchev–Trinajstić information content (AvgIpc) is 2.88. The molecular weight excluding hydrogens is 268 g/mol. The molecule has 1 saturated heterocycles. The van der Waals surface area contributed by atoms with Crippen molar-refractivity contribution in [2.75, 3.05) is 13.1 Å². The molecule has 1 aromatic heterocycles. The summed E-state index contributed by atoms with van der Waals surface area (Å²) in [5, 5.41) is 3.54. The minimum Gasteiger partial charge on any atom is -0.444 e. The van der Waals surface area contributed by atoms with Crippen molar-refractivity contribution in [1.82, 2.24) is 20.2 Å². The summed E-state index contributed by atoms with van der Waals surface area (Å²) < 4.78 is 5.42. The monoisotopic (exact) mass is 294 g/mol. The summed E-state index contributed by atoms with van der Waals surface area (Å²) >= 11 is 0. The minimum atomic E-state index is -0.435. The molecule has 0 aliphatic carbocycles. The number of imidazole rings is 1. The summed E-state index contributed by atoms with van der Waals surface area (Å²) in [5.74, 6) is 0.936. The highest BCUT2D eigenvalue weighted by molar-refractivity contribution is 5.68. The number of carbonyl (C=O) groups is 1. The fourth-order valence-corrected chi connectivity index (χ4v) is 2.38. The first-order chi connectivity index (χ1) is 9.77. The van der Waals surface area contributed by atoms with Gasteiger partial charge in [-0.2, -0.15) is 0 Å². The van der Waals surface area contributed by atoms with E-state index in [0.29, 0.717) is 0 Å². The normalized spacial score (nSPS) is 18.6. The Kier molecular flexibility index (Phi) is 4.56. The number of aromatic amines is 1. The highest BCUT2D eigenvalue weighted by atomic mass is 16.6. The van der Waals surface area contributed by atoms with E-state index in [2.05, 4.69) is 22.2 Å². The zero-order chi connectivity index (χ0) is 15.5. The molecule has 0 spiro atoms. The van der Waals surface area contributed by atoms with Crippen LogP contribution in [0, 0.1) is 0 Å². The number of likely N-dealkylation sites (tertiary alicyclic amines) is 1. The highest BCUT2D eigenvalue weighted by Crippen LogP contribution is 2.23. The standard InChI is InChI=1S/C15H26N4O2/c1-14(2,3)21-13(20)19-9-5-15(4,6-10-19)18-11-12-16-7-8-17-12/h7-8,18H,5-6,9-11H2,1-4H3,(H,16,17). The molecule has 0 atom stereocenters. The molecule has 1 amide bonds. The second-order valence-electron chi connectivity index (χ2n) is 6.92. The van der Waals surface area contributed by atoms with E-state index >= 15 is 0 Å². The largest absolute Gasteiger partial charge is 0.444 e. The Hall–Kier alpha value is -1.56. The lowest BCUT2D eigenvalue weighted by atomic mass is 9.90. The second kappa shape index (κ2) is 6.05. The molecule has 0 unspecified atom stereocenters. The molecule has 1 aromatic rings. The van der Waals surface area contributed by atoms with Crippen LogP contribution in [0.5, 0.6) is 0 Å². The maximum absolute atomic E-state index is 12.0. The van der Waals surface area contributed by atoms with E-state index in [0.717, 1.165) is 38.3 Å². The number of carbonyl (C=O) groups excluding carboxylic acids is 1. The molecule has 1 aliphatic heterocycles. The number of amides is 1. The van der Waals surface area contributed by atoms with Gasteiger partial charge in [0, 0.05) is 31.0 Å². The number of hydrogen-bond acceptors (Lipinski definition) is 4. The van der Waals surface area contributed by atoms with Gasteiger partial charge in [0.1, 0.15) is 11.4 Å². The zero-order valence-corrected chi connectivity index (χ0v) is 13.4. The van der Waals surface area contributed by atoms with Crippen LogP contribution in [-0.4, -0.2) is 45.2 Å². The lowest BCUT2D eigenvalue weighted by Gasteiger charge is -2.40. The Labute approximate surface area is 126 Å². The van der Waals surface area contributed by atoms with Crippen LogP contribution in [0.2, 0.25) is 0 Å². The van der Waals surface area contributed by atoms with E-state index in [1.54, 1.807) is 11.1 Å². The summed E-state index contributed by atoms with van der Waals surface area (Å²) in [6.07, 6.45) is 5.19. The van der Waals surface area contributed by atoms with E-state index in [1.165, 1.54) is 0 Å². The summed E-state index contributed by atoms with van der Waals surface area (Å²) in [6.45, 7) is 10.0. The number of aromatic nitrogens is 2. The fraction of sp³-hybridized carbons (Fsp3) is 0.733. The van der Waals surface area contributed by atoms with Gasteiger partial charge in [0.2, 0.25) is 0 Å². The van der Waals surface area contributed by atoms with Crippen LogP contribution < -0.4 is 5.32 Å². The summed E-state index contributed by atoms with van der Waals surface area (Å²) in [4.78, 5) is 21.1. The van der Waals surface area contributed by atoms with Crippen LogP contribution in [0.4, 0.5) is 4.79 Å². The van der Waals surface area contributed by atoms with Crippen molar-refractivity contribution < 1.29 is 9.53 Å². The number of piperidine rings is 1. The number of nitrogens with one attached hydrogen (secondary N) is 2. The quantitative estimate of drug-likeness (QED) is 0.897. The molecule has 6 nitrogen and oxygen atoms in total. The molecule has 1 aliphatic rings. The van der Waals surface area contributed by atoms with Gasteiger partial charge in [0.05, 0.1) is 6.54 Å².